The van der Waals surface area contributed by atoms with Crippen molar-refractivity contribution < 1.29 is 9.59 Å². The number of aryl methyl sites for hydroxylation is 1. The maximum atomic E-state index is 12.3. The molecule has 0 aliphatic heterocycles. The van der Waals surface area contributed by atoms with Crippen LogP contribution in [0.25, 0.3) is 0 Å². The summed E-state index contributed by atoms with van der Waals surface area (Å²) in [7, 11) is 0. The Hall–Kier alpha value is -3.73. The van der Waals surface area contributed by atoms with E-state index in [-0.39, 0.29) is 11.8 Å². The summed E-state index contributed by atoms with van der Waals surface area (Å²) in [6.07, 6.45) is 0. The molecule has 0 bridgehead atoms. The number of carbonyl (C=O) groups is 2. The molecule has 28 heavy (non-hydrogen) atoms. The van der Waals surface area contributed by atoms with Gasteiger partial charge in [0.2, 0.25) is 0 Å². The Morgan fingerprint density at radius 2 is 1.29 bits per heavy atom. The van der Waals surface area contributed by atoms with Crippen LogP contribution in [0.4, 0.5) is 5.69 Å². The summed E-state index contributed by atoms with van der Waals surface area (Å²) in [6, 6.07) is 23.5. The summed E-state index contributed by atoms with van der Waals surface area (Å²) >= 11 is 0. The highest BCUT2D eigenvalue weighted by Gasteiger charge is 2.08. The summed E-state index contributed by atoms with van der Waals surface area (Å²) in [4.78, 5) is 24.4. The van der Waals surface area contributed by atoms with E-state index in [2.05, 4.69) is 15.8 Å². The number of benzene rings is 3. The van der Waals surface area contributed by atoms with Crippen LogP contribution in [0, 0.1) is 6.92 Å². The Bertz CT molecular complexity index is 992. The lowest BCUT2D eigenvalue weighted by atomic mass is 10.1. The number of nitrogens with one attached hydrogen (secondary N) is 2. The van der Waals surface area contributed by atoms with E-state index in [9.17, 15) is 9.59 Å². The quantitative estimate of drug-likeness (QED) is 0.515. The van der Waals surface area contributed by atoms with E-state index < -0.39 is 0 Å². The van der Waals surface area contributed by atoms with E-state index in [0.717, 1.165) is 11.3 Å². The van der Waals surface area contributed by atoms with E-state index in [4.69, 9.17) is 0 Å². The average molecular weight is 371 g/mol. The summed E-state index contributed by atoms with van der Waals surface area (Å²) in [5.41, 5.74) is 7.04. The zero-order valence-electron chi connectivity index (χ0n) is 15.8. The Kier molecular flexibility index (Phi) is 5.97. The molecule has 3 rings (SSSR count). The zero-order valence-corrected chi connectivity index (χ0v) is 15.8. The lowest BCUT2D eigenvalue weighted by Gasteiger charge is -2.07. The second kappa shape index (κ2) is 8.77. The molecule has 140 valence electrons. The van der Waals surface area contributed by atoms with Crippen molar-refractivity contribution in [2.45, 2.75) is 13.8 Å². The van der Waals surface area contributed by atoms with Gasteiger partial charge in [0.25, 0.3) is 11.8 Å². The van der Waals surface area contributed by atoms with Gasteiger partial charge in [-0.2, -0.15) is 5.10 Å². The molecule has 0 saturated carbocycles. The van der Waals surface area contributed by atoms with Gasteiger partial charge in [0.15, 0.2) is 0 Å². The minimum atomic E-state index is -0.313. The third-order valence-electron chi connectivity index (χ3n) is 4.24. The standard InChI is InChI=1S/C23H21N3O2/c1-16-8-10-18(11-9-16)17(2)25-26-23(28)20-12-14-21(15-13-20)24-22(27)19-6-4-3-5-7-19/h3-15H,1-2H3,(H,24,27)(H,26,28). The Balaban J connectivity index is 1.61. The Labute approximate surface area is 164 Å². The van der Waals surface area contributed by atoms with Gasteiger partial charge in [-0.3, -0.25) is 9.59 Å². The molecule has 0 unspecified atom stereocenters. The fourth-order valence-corrected chi connectivity index (χ4v) is 2.56. The predicted octanol–water partition coefficient (Wildman–Crippen LogP) is 4.40. The summed E-state index contributed by atoms with van der Waals surface area (Å²) in [6.45, 7) is 3.86. The van der Waals surface area contributed by atoms with Gasteiger partial charge in [-0.15, -0.1) is 0 Å². The number of anilines is 1. The molecule has 0 aromatic heterocycles. The molecule has 0 spiro atoms. The SMILES string of the molecule is CC(=NNC(=O)c1ccc(NC(=O)c2ccccc2)cc1)c1ccc(C)cc1. The average Bonchev–Trinajstić information content (AvgIpc) is 2.73. The van der Waals surface area contributed by atoms with Gasteiger partial charge in [-0.1, -0.05) is 48.0 Å². The van der Waals surface area contributed by atoms with E-state index in [1.54, 1.807) is 36.4 Å². The van der Waals surface area contributed by atoms with Crippen LogP contribution in [0.5, 0.6) is 0 Å². The van der Waals surface area contributed by atoms with Crippen LogP contribution < -0.4 is 10.7 Å². The molecule has 0 saturated heterocycles. The highest BCUT2D eigenvalue weighted by Crippen LogP contribution is 2.12. The Morgan fingerprint density at radius 3 is 1.93 bits per heavy atom. The molecular weight excluding hydrogens is 350 g/mol. The second-order valence-corrected chi connectivity index (χ2v) is 6.40. The lowest BCUT2D eigenvalue weighted by molar-refractivity contribution is 0.0954. The Morgan fingerprint density at radius 1 is 0.714 bits per heavy atom. The molecule has 0 heterocycles. The number of amides is 2. The molecule has 3 aromatic rings. The first-order chi connectivity index (χ1) is 13.5. The normalized spacial score (nSPS) is 11.0. The predicted molar refractivity (Wildman–Crippen MR) is 112 cm³/mol. The molecular formula is C23H21N3O2. The van der Waals surface area contributed by atoms with Crippen molar-refractivity contribution in [1.29, 1.82) is 0 Å². The van der Waals surface area contributed by atoms with Gasteiger partial charge < -0.3 is 5.32 Å². The maximum Gasteiger partial charge on any atom is 0.271 e. The highest BCUT2D eigenvalue weighted by atomic mass is 16.2. The molecule has 0 atom stereocenters. The van der Waals surface area contributed by atoms with Crippen molar-refractivity contribution in [3.8, 4) is 0 Å². The molecule has 0 fully saturated rings. The molecule has 2 N–H and O–H groups in total. The maximum absolute atomic E-state index is 12.3. The van der Waals surface area contributed by atoms with Crippen molar-refractivity contribution in [3.05, 3.63) is 101 Å². The number of hydrogen-bond acceptors (Lipinski definition) is 3. The van der Waals surface area contributed by atoms with E-state index in [0.29, 0.717) is 16.8 Å². The van der Waals surface area contributed by atoms with Crippen LogP contribution >= 0.6 is 0 Å². The van der Waals surface area contributed by atoms with Crippen LogP contribution in [0.1, 0.15) is 38.8 Å². The zero-order chi connectivity index (χ0) is 19.9. The van der Waals surface area contributed by atoms with Gasteiger partial charge in [0.05, 0.1) is 5.71 Å². The molecule has 2 amide bonds. The summed E-state index contributed by atoms with van der Waals surface area (Å²) < 4.78 is 0. The van der Waals surface area contributed by atoms with Gasteiger partial charge >= 0.3 is 0 Å². The molecule has 5 nitrogen and oxygen atoms in total. The minimum Gasteiger partial charge on any atom is -0.322 e. The number of carbonyl (C=O) groups excluding carboxylic acids is 2. The number of hydrogen-bond donors (Lipinski definition) is 2. The fourth-order valence-electron chi connectivity index (χ4n) is 2.56. The molecule has 3 aromatic carbocycles. The molecule has 0 radical (unpaired) electrons. The van der Waals surface area contributed by atoms with E-state index >= 15 is 0 Å². The van der Waals surface area contributed by atoms with Crippen LogP contribution in [0.3, 0.4) is 0 Å². The smallest absolute Gasteiger partial charge is 0.271 e. The van der Waals surface area contributed by atoms with Gasteiger partial charge in [0.1, 0.15) is 0 Å². The van der Waals surface area contributed by atoms with E-state index in [1.165, 1.54) is 5.56 Å². The number of rotatable bonds is 5. The highest BCUT2D eigenvalue weighted by molar-refractivity contribution is 6.04. The van der Waals surface area contributed by atoms with Crippen molar-refractivity contribution in [2.75, 3.05) is 5.32 Å². The van der Waals surface area contributed by atoms with Crippen LogP contribution in [0.15, 0.2) is 84.0 Å². The van der Waals surface area contributed by atoms with E-state index in [1.807, 2.05) is 56.3 Å². The molecule has 0 aliphatic rings. The fraction of sp³-hybridized carbons (Fsp3) is 0.0870. The first-order valence-corrected chi connectivity index (χ1v) is 8.91. The largest absolute Gasteiger partial charge is 0.322 e. The van der Waals surface area contributed by atoms with Gasteiger partial charge in [0, 0.05) is 16.8 Å². The lowest BCUT2D eigenvalue weighted by Crippen LogP contribution is -2.19. The second-order valence-electron chi connectivity index (χ2n) is 6.40. The van der Waals surface area contributed by atoms with Crippen LogP contribution in [-0.2, 0) is 0 Å². The van der Waals surface area contributed by atoms with Crippen molar-refractivity contribution in [3.63, 3.8) is 0 Å². The van der Waals surface area contributed by atoms with Crippen LogP contribution in [0.2, 0.25) is 0 Å². The summed E-state index contributed by atoms with van der Waals surface area (Å²) in [5.74, 6) is -0.511. The third-order valence-corrected chi connectivity index (χ3v) is 4.24. The van der Waals surface area contributed by atoms with Crippen molar-refractivity contribution in [2.24, 2.45) is 5.10 Å². The first-order valence-electron chi connectivity index (χ1n) is 8.91. The van der Waals surface area contributed by atoms with Crippen LogP contribution in [-0.4, -0.2) is 17.5 Å². The van der Waals surface area contributed by atoms with Crippen molar-refractivity contribution >= 4 is 23.2 Å². The first kappa shape index (κ1) is 19.0. The van der Waals surface area contributed by atoms with Crippen molar-refractivity contribution in [1.82, 2.24) is 5.43 Å². The number of hydrazone groups is 1. The topological polar surface area (TPSA) is 70.6 Å². The number of nitrogens with zero attached hydrogens (tertiary/aromatic N) is 1. The summed E-state index contributed by atoms with van der Waals surface area (Å²) in [5, 5.41) is 6.96. The molecule has 0 aliphatic carbocycles. The third kappa shape index (κ3) is 4.92. The minimum absolute atomic E-state index is 0.198. The monoisotopic (exact) mass is 371 g/mol. The van der Waals surface area contributed by atoms with Gasteiger partial charge in [-0.05, 0) is 55.8 Å². The van der Waals surface area contributed by atoms with Gasteiger partial charge in [-0.25, -0.2) is 5.43 Å². The molecule has 5 heteroatoms.